The molecule has 0 aliphatic heterocycles. The average Bonchev–Trinajstić information content (AvgIpc) is 3.06. The summed E-state index contributed by atoms with van der Waals surface area (Å²) in [5.74, 6) is 0. The number of halogens is 2. The molecule has 0 heterocycles. The third-order valence-corrected chi connectivity index (χ3v) is 4.09. The number of methoxy groups -OCH3 is 1. The van der Waals surface area contributed by atoms with E-state index in [-0.39, 0.29) is 0 Å². The number of nitrogens with one attached hydrogen (secondary N) is 1. The fraction of sp³-hybridized carbons (Fsp3) is 0.538. The van der Waals surface area contributed by atoms with Crippen LogP contribution in [0.5, 0.6) is 0 Å². The van der Waals surface area contributed by atoms with Crippen LogP contribution in [0.2, 0.25) is 10.0 Å². The lowest BCUT2D eigenvalue weighted by molar-refractivity contribution is 0.175. The van der Waals surface area contributed by atoms with Crippen LogP contribution in [0, 0.1) is 5.41 Å². The third-order valence-electron chi connectivity index (χ3n) is 3.50. The van der Waals surface area contributed by atoms with Gasteiger partial charge in [0.15, 0.2) is 0 Å². The second-order valence-corrected chi connectivity index (χ2v) is 5.77. The molecule has 1 aromatic rings. The van der Waals surface area contributed by atoms with Gasteiger partial charge in [0.2, 0.25) is 0 Å². The zero-order chi connectivity index (χ0) is 13.2. The van der Waals surface area contributed by atoms with E-state index in [1.165, 1.54) is 12.8 Å². The maximum absolute atomic E-state index is 6.14. The molecular weight excluding hydrogens is 271 g/mol. The molecule has 1 aliphatic carbocycles. The Bertz CT molecular complexity index is 410. The molecule has 1 aliphatic rings. The average molecular weight is 289 g/mol. The van der Waals surface area contributed by atoms with E-state index in [1.54, 1.807) is 19.2 Å². The molecule has 1 aromatic carbocycles. The molecule has 18 heavy (non-hydrogen) atoms. The highest BCUT2D eigenvalue weighted by Gasteiger charge is 2.41. The lowest BCUT2D eigenvalue weighted by atomic mass is 10.0. The van der Waals surface area contributed by atoms with Crippen molar-refractivity contribution in [2.75, 3.05) is 31.3 Å². The van der Waals surface area contributed by atoms with Gasteiger partial charge >= 0.3 is 0 Å². The van der Waals surface area contributed by atoms with Crippen LogP contribution < -0.4 is 11.1 Å². The Hall–Kier alpha value is -0.640. The van der Waals surface area contributed by atoms with Crippen molar-refractivity contribution in [3.05, 3.63) is 22.2 Å². The monoisotopic (exact) mass is 288 g/mol. The van der Waals surface area contributed by atoms with E-state index in [0.29, 0.717) is 21.1 Å². The summed E-state index contributed by atoms with van der Waals surface area (Å²) in [6.45, 7) is 1.67. The number of rotatable bonds is 6. The molecule has 0 unspecified atom stereocenters. The van der Waals surface area contributed by atoms with Crippen LogP contribution in [0.4, 0.5) is 11.4 Å². The van der Waals surface area contributed by atoms with E-state index in [4.69, 9.17) is 33.7 Å². The first-order valence-corrected chi connectivity index (χ1v) is 6.79. The highest BCUT2D eigenvalue weighted by molar-refractivity contribution is 6.39. The summed E-state index contributed by atoms with van der Waals surface area (Å²) in [4.78, 5) is 0. The van der Waals surface area contributed by atoms with Gasteiger partial charge in [-0.2, -0.15) is 0 Å². The zero-order valence-electron chi connectivity index (χ0n) is 10.4. The van der Waals surface area contributed by atoms with Gasteiger partial charge in [-0.15, -0.1) is 0 Å². The van der Waals surface area contributed by atoms with Crippen molar-refractivity contribution in [1.82, 2.24) is 0 Å². The van der Waals surface area contributed by atoms with Crippen LogP contribution in [-0.2, 0) is 4.74 Å². The number of ether oxygens (including phenoxy) is 1. The predicted molar refractivity (Wildman–Crippen MR) is 77.5 cm³/mol. The molecule has 0 spiro atoms. The first kappa shape index (κ1) is 13.8. The molecule has 1 saturated carbocycles. The maximum Gasteiger partial charge on any atom is 0.0720 e. The minimum Gasteiger partial charge on any atom is -0.399 e. The number of hydrogen-bond acceptors (Lipinski definition) is 3. The second-order valence-electron chi connectivity index (χ2n) is 4.96. The van der Waals surface area contributed by atoms with E-state index >= 15 is 0 Å². The van der Waals surface area contributed by atoms with Gasteiger partial charge in [-0.25, -0.2) is 0 Å². The van der Waals surface area contributed by atoms with Crippen LogP contribution in [0.15, 0.2) is 12.1 Å². The Kier molecular flexibility index (Phi) is 4.25. The number of hydrogen-bond donors (Lipinski definition) is 2. The first-order valence-electron chi connectivity index (χ1n) is 6.04. The molecule has 100 valence electrons. The molecule has 0 aromatic heterocycles. The van der Waals surface area contributed by atoms with E-state index in [0.717, 1.165) is 25.3 Å². The van der Waals surface area contributed by atoms with E-state index in [9.17, 15) is 0 Å². The van der Waals surface area contributed by atoms with Gasteiger partial charge in [-0.3, -0.25) is 0 Å². The summed E-state index contributed by atoms with van der Waals surface area (Å²) in [5.41, 5.74) is 7.38. The molecule has 3 N–H and O–H groups in total. The molecule has 5 heteroatoms. The Labute approximate surface area is 118 Å². The highest BCUT2D eigenvalue weighted by atomic mass is 35.5. The maximum atomic E-state index is 6.14. The summed E-state index contributed by atoms with van der Waals surface area (Å²) in [7, 11) is 1.73. The summed E-state index contributed by atoms with van der Waals surface area (Å²) >= 11 is 12.3. The van der Waals surface area contributed by atoms with Crippen molar-refractivity contribution in [1.29, 1.82) is 0 Å². The van der Waals surface area contributed by atoms with Crippen LogP contribution in [0.25, 0.3) is 0 Å². The van der Waals surface area contributed by atoms with Gasteiger partial charge in [0.1, 0.15) is 0 Å². The number of anilines is 2. The molecule has 3 nitrogen and oxygen atoms in total. The molecule has 1 fully saturated rings. The normalized spacial score (nSPS) is 16.6. The van der Waals surface area contributed by atoms with Crippen molar-refractivity contribution in [3.8, 4) is 0 Å². The Balaban J connectivity index is 1.98. The molecule has 0 atom stereocenters. The van der Waals surface area contributed by atoms with Gasteiger partial charge in [0.25, 0.3) is 0 Å². The van der Waals surface area contributed by atoms with Crippen molar-refractivity contribution in [2.45, 2.75) is 19.3 Å². The lowest BCUT2D eigenvalue weighted by Gasteiger charge is -2.18. The lowest BCUT2D eigenvalue weighted by Crippen LogP contribution is -2.17. The molecule has 2 rings (SSSR count). The SMILES string of the molecule is COCCC1(CNc2c(Cl)cc(N)cc2Cl)CC1. The summed E-state index contributed by atoms with van der Waals surface area (Å²) < 4.78 is 5.14. The minimum atomic E-state index is 0.351. The standard InChI is InChI=1S/C13H18Cl2N2O/c1-18-5-4-13(2-3-13)8-17-12-10(14)6-9(16)7-11(12)15/h6-7,17H,2-5,8,16H2,1H3. The third kappa shape index (κ3) is 3.22. The van der Waals surface area contributed by atoms with Gasteiger partial charge in [0.05, 0.1) is 15.7 Å². The topological polar surface area (TPSA) is 47.3 Å². The van der Waals surface area contributed by atoms with Gasteiger partial charge in [-0.1, -0.05) is 23.2 Å². The summed E-state index contributed by atoms with van der Waals surface area (Å²) in [5, 5.41) is 4.49. The number of nitrogens with two attached hydrogens (primary N) is 1. The van der Waals surface area contributed by atoms with Crippen molar-refractivity contribution in [2.24, 2.45) is 5.41 Å². The Morgan fingerprint density at radius 1 is 1.33 bits per heavy atom. The van der Waals surface area contributed by atoms with Crippen molar-refractivity contribution in [3.63, 3.8) is 0 Å². The van der Waals surface area contributed by atoms with Crippen molar-refractivity contribution < 1.29 is 4.74 Å². The van der Waals surface area contributed by atoms with Gasteiger partial charge in [0, 0.05) is 25.9 Å². The molecular formula is C13H18Cl2N2O. The Morgan fingerprint density at radius 3 is 2.44 bits per heavy atom. The van der Waals surface area contributed by atoms with Crippen LogP contribution in [0.1, 0.15) is 19.3 Å². The van der Waals surface area contributed by atoms with E-state index < -0.39 is 0 Å². The number of nitrogen functional groups attached to an aromatic ring is 1. The summed E-state index contributed by atoms with van der Waals surface area (Å²) in [6, 6.07) is 3.43. The summed E-state index contributed by atoms with van der Waals surface area (Å²) in [6.07, 6.45) is 3.53. The fourth-order valence-corrected chi connectivity index (χ4v) is 2.69. The fourth-order valence-electron chi connectivity index (χ4n) is 2.05. The van der Waals surface area contributed by atoms with Crippen molar-refractivity contribution >= 4 is 34.6 Å². The smallest absolute Gasteiger partial charge is 0.0720 e. The van der Waals surface area contributed by atoms with Crippen LogP contribution >= 0.6 is 23.2 Å². The van der Waals surface area contributed by atoms with E-state index in [2.05, 4.69) is 5.32 Å². The molecule has 0 amide bonds. The second kappa shape index (κ2) is 5.55. The molecule has 0 radical (unpaired) electrons. The zero-order valence-corrected chi connectivity index (χ0v) is 11.9. The number of benzene rings is 1. The van der Waals surface area contributed by atoms with Gasteiger partial charge in [-0.05, 0) is 36.8 Å². The van der Waals surface area contributed by atoms with Gasteiger partial charge < -0.3 is 15.8 Å². The van der Waals surface area contributed by atoms with Crippen LogP contribution in [0.3, 0.4) is 0 Å². The minimum absolute atomic E-state index is 0.351. The Morgan fingerprint density at radius 2 is 1.94 bits per heavy atom. The largest absolute Gasteiger partial charge is 0.399 e. The highest BCUT2D eigenvalue weighted by Crippen LogP contribution is 2.49. The van der Waals surface area contributed by atoms with E-state index in [1.807, 2.05) is 0 Å². The first-order chi connectivity index (χ1) is 8.56. The quantitative estimate of drug-likeness (QED) is 0.783. The predicted octanol–water partition coefficient (Wildman–Crippen LogP) is 3.80. The molecule has 0 bridgehead atoms. The van der Waals surface area contributed by atoms with Crippen LogP contribution in [-0.4, -0.2) is 20.3 Å². The molecule has 0 saturated heterocycles.